The van der Waals surface area contributed by atoms with Crippen LogP contribution in [0.25, 0.3) is 0 Å². The van der Waals surface area contributed by atoms with Gasteiger partial charge in [-0.1, -0.05) is 17.9 Å². The van der Waals surface area contributed by atoms with E-state index in [0.717, 1.165) is 5.69 Å². The Kier molecular flexibility index (Phi) is 4.87. The SMILES string of the molecule is Cc1cnc(C(C)NC(=O)c2cccc(C#CC(C)(C)O)c2)[nH]1. The number of benzene rings is 1. The quantitative estimate of drug-likeness (QED) is 0.761. The van der Waals surface area contributed by atoms with Gasteiger partial charge in [0.25, 0.3) is 5.91 Å². The van der Waals surface area contributed by atoms with Gasteiger partial charge in [0.05, 0.1) is 6.04 Å². The van der Waals surface area contributed by atoms with Crippen molar-refractivity contribution in [1.82, 2.24) is 15.3 Å². The van der Waals surface area contributed by atoms with E-state index in [-0.39, 0.29) is 11.9 Å². The van der Waals surface area contributed by atoms with Gasteiger partial charge in [-0.2, -0.15) is 0 Å². The van der Waals surface area contributed by atoms with E-state index in [2.05, 4.69) is 27.1 Å². The van der Waals surface area contributed by atoms with Crippen molar-refractivity contribution >= 4 is 5.91 Å². The maximum absolute atomic E-state index is 12.3. The van der Waals surface area contributed by atoms with Gasteiger partial charge in [-0.15, -0.1) is 0 Å². The Morgan fingerprint density at radius 3 is 2.78 bits per heavy atom. The molecule has 2 aromatic rings. The van der Waals surface area contributed by atoms with Gasteiger partial charge in [0.2, 0.25) is 0 Å². The van der Waals surface area contributed by atoms with Crippen LogP contribution in [0.15, 0.2) is 30.5 Å². The molecular weight excluding hydrogens is 290 g/mol. The predicted molar refractivity (Wildman–Crippen MR) is 88.8 cm³/mol. The number of aryl methyl sites for hydroxylation is 1. The number of aromatic nitrogens is 2. The van der Waals surface area contributed by atoms with Gasteiger partial charge >= 0.3 is 0 Å². The lowest BCUT2D eigenvalue weighted by Gasteiger charge is -2.11. The molecule has 1 atom stereocenters. The van der Waals surface area contributed by atoms with E-state index in [1.165, 1.54) is 0 Å². The number of hydrogen-bond acceptors (Lipinski definition) is 3. The van der Waals surface area contributed by atoms with Crippen LogP contribution in [-0.2, 0) is 0 Å². The van der Waals surface area contributed by atoms with Crippen molar-refractivity contribution in [2.75, 3.05) is 0 Å². The monoisotopic (exact) mass is 311 g/mol. The molecule has 0 aliphatic heterocycles. The van der Waals surface area contributed by atoms with Crippen molar-refractivity contribution in [1.29, 1.82) is 0 Å². The molecule has 1 amide bonds. The van der Waals surface area contributed by atoms with Crippen LogP contribution in [0.3, 0.4) is 0 Å². The Labute approximate surface area is 136 Å². The highest BCUT2D eigenvalue weighted by molar-refractivity contribution is 5.94. The van der Waals surface area contributed by atoms with Crippen molar-refractivity contribution in [3.8, 4) is 11.8 Å². The second-order valence-corrected chi connectivity index (χ2v) is 6.04. The summed E-state index contributed by atoms with van der Waals surface area (Å²) < 4.78 is 0. The van der Waals surface area contributed by atoms with Crippen LogP contribution < -0.4 is 5.32 Å². The fourth-order valence-electron chi connectivity index (χ4n) is 1.96. The van der Waals surface area contributed by atoms with Crippen molar-refractivity contribution in [3.05, 3.63) is 53.1 Å². The van der Waals surface area contributed by atoms with Crippen molar-refractivity contribution in [2.24, 2.45) is 0 Å². The summed E-state index contributed by atoms with van der Waals surface area (Å²) in [6, 6.07) is 6.78. The van der Waals surface area contributed by atoms with Crippen LogP contribution in [-0.4, -0.2) is 26.6 Å². The van der Waals surface area contributed by atoms with E-state index in [4.69, 9.17) is 0 Å². The van der Waals surface area contributed by atoms with Crippen LogP contribution >= 0.6 is 0 Å². The average molecular weight is 311 g/mol. The summed E-state index contributed by atoms with van der Waals surface area (Å²) in [6.07, 6.45) is 1.73. The first-order valence-electron chi connectivity index (χ1n) is 7.42. The van der Waals surface area contributed by atoms with Crippen molar-refractivity contribution in [3.63, 3.8) is 0 Å². The Hall–Kier alpha value is -2.58. The van der Waals surface area contributed by atoms with Gasteiger partial charge in [0.1, 0.15) is 11.4 Å². The number of carbonyl (C=O) groups is 1. The zero-order chi connectivity index (χ0) is 17.0. The lowest BCUT2D eigenvalue weighted by atomic mass is 10.1. The Bertz CT molecular complexity index is 760. The fraction of sp³-hybridized carbons (Fsp3) is 0.333. The smallest absolute Gasteiger partial charge is 0.251 e. The minimum Gasteiger partial charge on any atom is -0.378 e. The molecule has 0 spiro atoms. The van der Waals surface area contributed by atoms with Crippen LogP contribution in [0.2, 0.25) is 0 Å². The number of aromatic amines is 1. The largest absolute Gasteiger partial charge is 0.378 e. The van der Waals surface area contributed by atoms with Crippen molar-refractivity contribution < 1.29 is 9.90 Å². The number of imidazole rings is 1. The van der Waals surface area contributed by atoms with Gasteiger partial charge in [-0.3, -0.25) is 4.79 Å². The Balaban J connectivity index is 2.12. The van der Waals surface area contributed by atoms with Crippen LogP contribution in [0.1, 0.15) is 54.3 Å². The molecule has 0 saturated carbocycles. The third-order valence-corrected chi connectivity index (χ3v) is 3.12. The van der Waals surface area contributed by atoms with E-state index in [9.17, 15) is 9.90 Å². The molecule has 5 heteroatoms. The molecule has 1 unspecified atom stereocenters. The minimum absolute atomic E-state index is 0.196. The molecule has 0 fully saturated rings. The number of nitrogens with zero attached hydrogens (tertiary/aromatic N) is 1. The summed E-state index contributed by atoms with van der Waals surface area (Å²) in [5, 5.41) is 12.5. The van der Waals surface area contributed by atoms with Gasteiger partial charge in [0.15, 0.2) is 0 Å². The standard InChI is InChI=1S/C18H21N3O2/c1-12-11-19-16(20-12)13(2)21-17(22)15-7-5-6-14(10-15)8-9-18(3,4)23/h5-7,10-11,13,23H,1-4H3,(H,19,20)(H,21,22). The molecule has 0 aliphatic rings. The molecule has 1 aromatic carbocycles. The van der Waals surface area contributed by atoms with E-state index in [1.54, 1.807) is 44.3 Å². The molecule has 5 nitrogen and oxygen atoms in total. The summed E-state index contributed by atoms with van der Waals surface area (Å²) in [5.41, 5.74) is 1.08. The van der Waals surface area contributed by atoms with Gasteiger partial charge in [0, 0.05) is 23.0 Å². The molecule has 3 N–H and O–H groups in total. The zero-order valence-corrected chi connectivity index (χ0v) is 13.8. The molecule has 2 rings (SSSR count). The number of rotatable bonds is 3. The maximum Gasteiger partial charge on any atom is 0.251 e. The van der Waals surface area contributed by atoms with Crippen molar-refractivity contribution in [2.45, 2.75) is 39.3 Å². The highest BCUT2D eigenvalue weighted by Gasteiger charge is 2.14. The molecule has 0 saturated heterocycles. The number of amides is 1. The summed E-state index contributed by atoms with van der Waals surface area (Å²) >= 11 is 0. The number of nitrogens with one attached hydrogen (secondary N) is 2. The first-order chi connectivity index (χ1) is 10.7. The summed E-state index contributed by atoms with van der Waals surface area (Å²) in [5.74, 6) is 6.12. The maximum atomic E-state index is 12.3. The fourth-order valence-corrected chi connectivity index (χ4v) is 1.96. The number of carbonyl (C=O) groups excluding carboxylic acids is 1. The third-order valence-electron chi connectivity index (χ3n) is 3.12. The molecular formula is C18H21N3O2. The first-order valence-corrected chi connectivity index (χ1v) is 7.42. The second-order valence-electron chi connectivity index (χ2n) is 6.04. The summed E-state index contributed by atoms with van der Waals surface area (Å²) in [6.45, 7) is 7.01. The topological polar surface area (TPSA) is 78.0 Å². The lowest BCUT2D eigenvalue weighted by Crippen LogP contribution is -2.27. The Morgan fingerprint density at radius 1 is 1.43 bits per heavy atom. The van der Waals surface area contributed by atoms with E-state index >= 15 is 0 Å². The van der Waals surface area contributed by atoms with E-state index in [0.29, 0.717) is 17.0 Å². The number of hydrogen-bond donors (Lipinski definition) is 3. The van der Waals surface area contributed by atoms with Crippen LogP contribution in [0.5, 0.6) is 0 Å². The number of H-pyrrole nitrogens is 1. The molecule has 23 heavy (non-hydrogen) atoms. The highest BCUT2D eigenvalue weighted by atomic mass is 16.3. The molecule has 0 aliphatic carbocycles. The van der Waals surface area contributed by atoms with Crippen LogP contribution in [0, 0.1) is 18.8 Å². The summed E-state index contributed by atoms with van der Waals surface area (Å²) in [4.78, 5) is 19.7. The Morgan fingerprint density at radius 2 is 2.17 bits per heavy atom. The average Bonchev–Trinajstić information content (AvgIpc) is 2.91. The lowest BCUT2D eigenvalue weighted by molar-refractivity contribution is 0.0938. The summed E-state index contributed by atoms with van der Waals surface area (Å²) in [7, 11) is 0. The van der Waals surface area contributed by atoms with Gasteiger partial charge < -0.3 is 15.4 Å². The highest BCUT2D eigenvalue weighted by Crippen LogP contribution is 2.11. The van der Waals surface area contributed by atoms with Gasteiger partial charge in [-0.25, -0.2) is 4.98 Å². The van der Waals surface area contributed by atoms with Gasteiger partial charge in [-0.05, 0) is 45.9 Å². The molecule has 120 valence electrons. The molecule has 1 aromatic heterocycles. The number of aliphatic hydroxyl groups is 1. The molecule has 1 heterocycles. The minimum atomic E-state index is -1.07. The molecule has 0 bridgehead atoms. The van der Waals surface area contributed by atoms with E-state index < -0.39 is 5.60 Å². The first kappa shape index (κ1) is 16.8. The predicted octanol–water partition coefficient (Wildman–Crippen LogP) is 2.33. The normalized spacial score (nSPS) is 12.2. The van der Waals surface area contributed by atoms with E-state index in [1.807, 2.05) is 13.8 Å². The second kappa shape index (κ2) is 6.67. The van der Waals surface area contributed by atoms with Crippen LogP contribution in [0.4, 0.5) is 0 Å². The zero-order valence-electron chi connectivity index (χ0n) is 13.8. The third kappa shape index (κ3) is 4.97. The molecule has 0 radical (unpaired) electrons.